The highest BCUT2D eigenvalue weighted by Crippen LogP contribution is 2.29. The molecular formula is C17H12Cl2FNO2. The van der Waals surface area contributed by atoms with Crippen LogP contribution >= 0.6 is 23.2 Å². The minimum absolute atomic E-state index is 0.0711. The summed E-state index contributed by atoms with van der Waals surface area (Å²) in [6.45, 7) is 2.18. The average Bonchev–Trinajstić information content (AvgIpc) is 2.77. The van der Waals surface area contributed by atoms with E-state index in [0.29, 0.717) is 27.5 Å². The molecule has 2 aromatic carbocycles. The van der Waals surface area contributed by atoms with Crippen molar-refractivity contribution in [3.8, 4) is 0 Å². The number of carboxylic acids is 1. The standard InChI is InChI=1S/C17H12Cl2FNO2/c1-9-7-21(8-10-2-3-11(18)4-15(10)19)16-13(9)5-12(20)6-14(16)17(22)23/h2-7H,8H2,1H3,(H,22,23). The third-order valence-corrected chi connectivity index (χ3v) is 4.31. The zero-order valence-corrected chi connectivity index (χ0v) is 13.6. The number of carbonyl (C=O) groups is 1. The van der Waals surface area contributed by atoms with Crippen molar-refractivity contribution in [1.29, 1.82) is 0 Å². The second kappa shape index (κ2) is 5.87. The van der Waals surface area contributed by atoms with Crippen LogP contribution in [0.15, 0.2) is 36.5 Å². The number of fused-ring (bicyclic) bond motifs is 1. The van der Waals surface area contributed by atoms with Gasteiger partial charge in [-0.15, -0.1) is 0 Å². The molecule has 0 amide bonds. The van der Waals surface area contributed by atoms with Crippen molar-refractivity contribution >= 4 is 40.1 Å². The van der Waals surface area contributed by atoms with E-state index in [1.165, 1.54) is 6.07 Å². The smallest absolute Gasteiger partial charge is 0.337 e. The molecule has 1 heterocycles. The Morgan fingerprint density at radius 3 is 2.65 bits per heavy atom. The van der Waals surface area contributed by atoms with E-state index in [1.54, 1.807) is 29.0 Å². The van der Waals surface area contributed by atoms with Crippen LogP contribution in [0.1, 0.15) is 21.5 Å². The third kappa shape index (κ3) is 2.92. The molecule has 3 rings (SSSR count). The molecule has 0 saturated heterocycles. The second-order valence-corrected chi connectivity index (χ2v) is 6.17. The first-order valence-corrected chi connectivity index (χ1v) is 7.58. The van der Waals surface area contributed by atoms with Crippen molar-refractivity contribution in [3.63, 3.8) is 0 Å². The maximum atomic E-state index is 13.7. The molecule has 0 unspecified atom stereocenters. The van der Waals surface area contributed by atoms with Crippen LogP contribution in [0.2, 0.25) is 10.0 Å². The lowest BCUT2D eigenvalue weighted by molar-refractivity contribution is 0.0698. The molecule has 0 saturated carbocycles. The van der Waals surface area contributed by atoms with Gasteiger partial charge in [0.2, 0.25) is 0 Å². The first-order valence-electron chi connectivity index (χ1n) is 6.83. The number of aromatic carboxylic acids is 1. The number of halogens is 3. The number of hydrogen-bond donors (Lipinski definition) is 1. The number of benzene rings is 2. The molecule has 3 aromatic rings. The molecule has 3 nitrogen and oxygen atoms in total. The van der Waals surface area contributed by atoms with Crippen LogP contribution in [0.3, 0.4) is 0 Å². The zero-order valence-electron chi connectivity index (χ0n) is 12.1. The summed E-state index contributed by atoms with van der Waals surface area (Å²) in [6, 6.07) is 7.52. The summed E-state index contributed by atoms with van der Waals surface area (Å²) >= 11 is 12.1. The van der Waals surface area contributed by atoms with Crippen LogP contribution < -0.4 is 0 Å². The Kier molecular flexibility index (Phi) is 4.04. The second-order valence-electron chi connectivity index (χ2n) is 5.33. The quantitative estimate of drug-likeness (QED) is 0.709. The summed E-state index contributed by atoms with van der Waals surface area (Å²) in [5, 5.41) is 11.0. The first-order chi connectivity index (χ1) is 10.9. The topological polar surface area (TPSA) is 42.2 Å². The summed E-state index contributed by atoms with van der Waals surface area (Å²) in [5.74, 6) is -1.74. The molecule has 0 fully saturated rings. The molecule has 0 bridgehead atoms. The van der Waals surface area contributed by atoms with Gasteiger partial charge in [0.05, 0.1) is 11.1 Å². The van der Waals surface area contributed by atoms with Crippen molar-refractivity contribution in [3.05, 3.63) is 69.1 Å². The van der Waals surface area contributed by atoms with E-state index in [-0.39, 0.29) is 5.56 Å². The van der Waals surface area contributed by atoms with E-state index in [1.807, 2.05) is 6.92 Å². The highest BCUT2D eigenvalue weighted by atomic mass is 35.5. The summed E-state index contributed by atoms with van der Waals surface area (Å²) < 4.78 is 15.4. The predicted octanol–water partition coefficient (Wildman–Crippen LogP) is 5.14. The minimum Gasteiger partial charge on any atom is -0.478 e. The van der Waals surface area contributed by atoms with E-state index in [0.717, 1.165) is 17.2 Å². The van der Waals surface area contributed by atoms with Gasteiger partial charge in [-0.3, -0.25) is 0 Å². The monoisotopic (exact) mass is 351 g/mol. The minimum atomic E-state index is -1.17. The third-order valence-electron chi connectivity index (χ3n) is 3.72. The molecule has 0 atom stereocenters. The van der Waals surface area contributed by atoms with Gasteiger partial charge >= 0.3 is 5.97 Å². The fourth-order valence-corrected chi connectivity index (χ4v) is 3.17. The molecule has 118 valence electrons. The SMILES string of the molecule is Cc1cn(Cc2ccc(Cl)cc2Cl)c2c(C(=O)O)cc(F)cc12. The molecule has 6 heteroatoms. The van der Waals surface area contributed by atoms with Crippen molar-refractivity contribution in [1.82, 2.24) is 4.57 Å². The lowest BCUT2D eigenvalue weighted by Gasteiger charge is -2.10. The summed E-state index contributed by atoms with van der Waals surface area (Å²) in [7, 11) is 0. The van der Waals surface area contributed by atoms with E-state index in [2.05, 4.69) is 0 Å². The van der Waals surface area contributed by atoms with E-state index in [4.69, 9.17) is 23.2 Å². The lowest BCUT2D eigenvalue weighted by atomic mass is 10.1. The van der Waals surface area contributed by atoms with E-state index >= 15 is 0 Å². The lowest BCUT2D eigenvalue weighted by Crippen LogP contribution is -2.05. The van der Waals surface area contributed by atoms with E-state index in [9.17, 15) is 14.3 Å². The first kappa shape index (κ1) is 15.8. The predicted molar refractivity (Wildman–Crippen MR) is 89.2 cm³/mol. The number of hydrogen-bond acceptors (Lipinski definition) is 1. The Balaban J connectivity index is 2.20. The number of carboxylic acid groups (broad SMARTS) is 1. The number of nitrogens with zero attached hydrogens (tertiary/aromatic N) is 1. The molecule has 0 aliphatic carbocycles. The van der Waals surface area contributed by atoms with Crippen LogP contribution in [0.4, 0.5) is 4.39 Å². The van der Waals surface area contributed by atoms with Crippen LogP contribution in [-0.4, -0.2) is 15.6 Å². The maximum Gasteiger partial charge on any atom is 0.337 e. The Hall–Kier alpha value is -2.04. The molecule has 23 heavy (non-hydrogen) atoms. The van der Waals surface area contributed by atoms with Gasteiger partial charge in [0, 0.05) is 28.2 Å². The molecule has 0 aliphatic rings. The fraction of sp³-hybridized carbons (Fsp3) is 0.118. The average molecular weight is 352 g/mol. The zero-order chi connectivity index (χ0) is 16.7. The van der Waals surface area contributed by atoms with Gasteiger partial charge in [0.15, 0.2) is 0 Å². The molecule has 0 spiro atoms. The molecule has 0 aliphatic heterocycles. The number of aromatic nitrogens is 1. The van der Waals surface area contributed by atoms with Gasteiger partial charge in [0.25, 0.3) is 0 Å². The van der Waals surface area contributed by atoms with Crippen molar-refractivity contribution in [2.45, 2.75) is 13.5 Å². The molecule has 1 N–H and O–H groups in total. The van der Waals surface area contributed by atoms with Crippen LogP contribution in [0.5, 0.6) is 0 Å². The van der Waals surface area contributed by atoms with Crippen LogP contribution in [-0.2, 0) is 6.54 Å². The van der Waals surface area contributed by atoms with Gasteiger partial charge in [-0.05, 0) is 42.3 Å². The van der Waals surface area contributed by atoms with Crippen molar-refractivity contribution in [2.75, 3.05) is 0 Å². The van der Waals surface area contributed by atoms with Gasteiger partial charge in [-0.25, -0.2) is 9.18 Å². The van der Waals surface area contributed by atoms with Crippen LogP contribution in [0, 0.1) is 12.7 Å². The Morgan fingerprint density at radius 2 is 2.00 bits per heavy atom. The highest BCUT2D eigenvalue weighted by molar-refractivity contribution is 6.35. The Morgan fingerprint density at radius 1 is 1.26 bits per heavy atom. The fourth-order valence-electron chi connectivity index (χ4n) is 2.70. The van der Waals surface area contributed by atoms with Gasteiger partial charge in [-0.1, -0.05) is 29.3 Å². The van der Waals surface area contributed by atoms with Crippen LogP contribution in [0.25, 0.3) is 10.9 Å². The molecular weight excluding hydrogens is 340 g/mol. The van der Waals surface area contributed by atoms with Crippen molar-refractivity contribution in [2.24, 2.45) is 0 Å². The van der Waals surface area contributed by atoms with E-state index < -0.39 is 11.8 Å². The number of rotatable bonds is 3. The Bertz CT molecular complexity index is 934. The van der Waals surface area contributed by atoms with Gasteiger partial charge in [0.1, 0.15) is 5.82 Å². The highest BCUT2D eigenvalue weighted by Gasteiger charge is 2.17. The summed E-state index contributed by atoms with van der Waals surface area (Å²) in [5.41, 5.74) is 2.00. The van der Waals surface area contributed by atoms with Gasteiger partial charge < -0.3 is 9.67 Å². The number of aryl methyl sites for hydroxylation is 1. The molecule has 0 radical (unpaired) electrons. The summed E-state index contributed by atoms with van der Waals surface area (Å²) in [4.78, 5) is 11.5. The summed E-state index contributed by atoms with van der Waals surface area (Å²) in [6.07, 6.45) is 1.79. The maximum absolute atomic E-state index is 13.7. The molecule has 1 aromatic heterocycles. The normalized spacial score (nSPS) is 11.1. The largest absolute Gasteiger partial charge is 0.478 e. The van der Waals surface area contributed by atoms with Crippen molar-refractivity contribution < 1.29 is 14.3 Å². The Labute approximate surface area is 141 Å². The van der Waals surface area contributed by atoms with Gasteiger partial charge in [-0.2, -0.15) is 0 Å².